The van der Waals surface area contributed by atoms with E-state index in [4.69, 9.17) is 42.1 Å². The van der Waals surface area contributed by atoms with Crippen molar-refractivity contribution in [2.45, 2.75) is 29.7 Å². The summed E-state index contributed by atoms with van der Waals surface area (Å²) in [5, 5.41) is 8.11. The lowest BCUT2D eigenvalue weighted by Gasteiger charge is -2.39. The van der Waals surface area contributed by atoms with Gasteiger partial charge in [-0.3, -0.25) is 9.59 Å². The number of allylic oxidation sites excluding steroid dienone is 2. The molecule has 2 atom stereocenters. The number of rotatable bonds is 3. The maximum absolute atomic E-state index is 13.3. The SMILES string of the molecule is CC(=O)Oc1ccc2c(c1)Oc1cc(OC(C)=O)ccc1C21OC(=O)C2(Cl)C1=CC=C(C(=O)O)C2Cl. The minimum absolute atomic E-state index is 0.162. The molecule has 1 fully saturated rings. The Labute approximate surface area is 213 Å². The van der Waals surface area contributed by atoms with Crippen LogP contribution in [0.2, 0.25) is 0 Å². The monoisotopic (exact) mass is 530 g/mol. The lowest BCUT2D eigenvalue weighted by Crippen LogP contribution is -2.45. The van der Waals surface area contributed by atoms with Gasteiger partial charge in [-0.2, -0.15) is 0 Å². The van der Waals surface area contributed by atoms with E-state index in [9.17, 15) is 24.3 Å². The standard InChI is InChI=1S/C25H16Cl2O9/c1-11(28)33-13-3-6-16-18(9-13)35-19-10-14(34-12(2)29)4-7-17(19)25(16)20-8-5-15(22(30)31)21(26)24(20,27)23(32)36-25/h3-10,21H,1-2H3,(H,30,31). The second-order valence-corrected chi connectivity index (χ2v) is 9.29. The van der Waals surface area contributed by atoms with Gasteiger partial charge in [0.2, 0.25) is 0 Å². The van der Waals surface area contributed by atoms with E-state index in [2.05, 4.69) is 0 Å². The van der Waals surface area contributed by atoms with Crippen LogP contribution in [0.4, 0.5) is 0 Å². The molecule has 2 aromatic rings. The van der Waals surface area contributed by atoms with Crippen LogP contribution in [0, 0.1) is 0 Å². The van der Waals surface area contributed by atoms with Crippen molar-refractivity contribution >= 4 is 47.1 Å². The number of carbonyl (C=O) groups excluding carboxylic acids is 3. The molecule has 2 heterocycles. The number of ether oxygens (including phenoxy) is 4. The Hall–Kier alpha value is -3.82. The second kappa shape index (κ2) is 8.11. The van der Waals surface area contributed by atoms with Crippen molar-refractivity contribution < 1.29 is 43.2 Å². The van der Waals surface area contributed by atoms with Crippen LogP contribution in [0.5, 0.6) is 23.0 Å². The molecule has 2 unspecified atom stereocenters. The molecule has 0 aromatic heterocycles. The number of benzene rings is 2. The molecule has 1 aliphatic carbocycles. The average Bonchev–Trinajstić information content (AvgIpc) is 3.01. The fraction of sp³-hybridized carbons (Fsp3) is 0.200. The van der Waals surface area contributed by atoms with Crippen molar-refractivity contribution in [1.29, 1.82) is 0 Å². The molecule has 0 radical (unpaired) electrons. The van der Waals surface area contributed by atoms with Gasteiger partial charge in [0, 0.05) is 42.7 Å². The molecule has 1 saturated heterocycles. The predicted molar refractivity (Wildman–Crippen MR) is 124 cm³/mol. The van der Waals surface area contributed by atoms with Crippen LogP contribution in [0.15, 0.2) is 59.7 Å². The molecule has 0 amide bonds. The van der Waals surface area contributed by atoms with Crippen molar-refractivity contribution in [2.24, 2.45) is 0 Å². The third-order valence-electron chi connectivity index (χ3n) is 6.02. The number of carbonyl (C=O) groups is 4. The van der Waals surface area contributed by atoms with Crippen molar-refractivity contribution in [3.8, 4) is 23.0 Å². The van der Waals surface area contributed by atoms with Crippen LogP contribution in [0.3, 0.4) is 0 Å². The van der Waals surface area contributed by atoms with Gasteiger partial charge in [0.15, 0.2) is 10.5 Å². The van der Waals surface area contributed by atoms with Crippen LogP contribution in [-0.2, 0) is 29.5 Å². The van der Waals surface area contributed by atoms with Gasteiger partial charge in [-0.05, 0) is 30.3 Å². The summed E-state index contributed by atoms with van der Waals surface area (Å²) in [6, 6.07) is 8.95. The van der Waals surface area contributed by atoms with Crippen LogP contribution >= 0.6 is 23.2 Å². The summed E-state index contributed by atoms with van der Waals surface area (Å²) in [5.74, 6) is -2.74. The van der Waals surface area contributed by atoms with Crippen molar-refractivity contribution in [3.63, 3.8) is 0 Å². The van der Waals surface area contributed by atoms with Crippen molar-refractivity contribution in [3.05, 3.63) is 70.8 Å². The number of halogens is 2. The lowest BCUT2D eigenvalue weighted by atomic mass is 9.71. The number of aliphatic carboxylic acids is 1. The zero-order valence-corrected chi connectivity index (χ0v) is 20.2. The van der Waals surface area contributed by atoms with E-state index in [-0.39, 0.29) is 34.1 Å². The highest BCUT2D eigenvalue weighted by Crippen LogP contribution is 2.63. The molecule has 11 heteroatoms. The minimum Gasteiger partial charge on any atom is -0.478 e. The number of carboxylic acids is 1. The Morgan fingerprint density at radius 1 is 0.944 bits per heavy atom. The molecule has 9 nitrogen and oxygen atoms in total. The Kier molecular flexibility index (Phi) is 5.38. The third kappa shape index (κ3) is 3.30. The Morgan fingerprint density at radius 3 is 1.94 bits per heavy atom. The zero-order chi connectivity index (χ0) is 26.0. The van der Waals surface area contributed by atoms with Crippen LogP contribution in [0.1, 0.15) is 25.0 Å². The van der Waals surface area contributed by atoms with E-state index in [1.54, 1.807) is 12.1 Å². The lowest BCUT2D eigenvalue weighted by molar-refractivity contribution is -0.148. The second-order valence-electron chi connectivity index (χ2n) is 8.26. The Bertz CT molecular complexity index is 1380. The van der Waals surface area contributed by atoms with E-state index in [1.807, 2.05) is 0 Å². The first-order valence-corrected chi connectivity index (χ1v) is 11.4. The first-order chi connectivity index (χ1) is 17.0. The highest BCUT2D eigenvalue weighted by atomic mass is 35.5. The van der Waals surface area contributed by atoms with Crippen LogP contribution in [0.25, 0.3) is 0 Å². The summed E-state index contributed by atoms with van der Waals surface area (Å²) in [6.07, 6.45) is 2.67. The maximum Gasteiger partial charge on any atom is 0.335 e. The topological polar surface area (TPSA) is 125 Å². The largest absolute Gasteiger partial charge is 0.478 e. The molecule has 184 valence electrons. The molecular weight excluding hydrogens is 515 g/mol. The molecule has 0 bridgehead atoms. The van der Waals surface area contributed by atoms with E-state index in [1.165, 1.54) is 50.3 Å². The van der Waals surface area contributed by atoms with Gasteiger partial charge in [0.05, 0.1) is 11.0 Å². The Morgan fingerprint density at radius 2 is 1.47 bits per heavy atom. The third-order valence-corrected chi connectivity index (χ3v) is 7.27. The molecule has 0 saturated carbocycles. The maximum atomic E-state index is 13.3. The first-order valence-electron chi connectivity index (χ1n) is 10.5. The number of fused-ring (bicyclic) bond motifs is 6. The van der Waals surface area contributed by atoms with Gasteiger partial charge in [0.1, 0.15) is 23.0 Å². The average molecular weight is 531 g/mol. The number of hydrogen-bond donors (Lipinski definition) is 1. The fourth-order valence-corrected chi connectivity index (χ4v) is 5.37. The number of hydrogen-bond acceptors (Lipinski definition) is 8. The Balaban J connectivity index is 1.79. The summed E-state index contributed by atoms with van der Waals surface area (Å²) >= 11 is 13.3. The van der Waals surface area contributed by atoms with E-state index in [0.29, 0.717) is 11.1 Å². The highest BCUT2D eigenvalue weighted by molar-refractivity contribution is 6.45. The normalized spacial score (nSPS) is 22.7. The van der Waals surface area contributed by atoms with Gasteiger partial charge < -0.3 is 24.1 Å². The van der Waals surface area contributed by atoms with Crippen molar-refractivity contribution in [1.82, 2.24) is 0 Å². The summed E-state index contributed by atoms with van der Waals surface area (Å²) < 4.78 is 22.4. The summed E-state index contributed by atoms with van der Waals surface area (Å²) in [5.41, 5.74) is -1.09. The van der Waals surface area contributed by atoms with Gasteiger partial charge in [-0.25, -0.2) is 9.59 Å². The molecule has 2 aliphatic heterocycles. The molecular formula is C25H16Cl2O9. The molecule has 1 N–H and O–H groups in total. The van der Waals surface area contributed by atoms with Gasteiger partial charge in [0.25, 0.3) is 0 Å². The van der Waals surface area contributed by atoms with E-state index in [0.717, 1.165) is 0 Å². The van der Waals surface area contributed by atoms with Crippen LogP contribution < -0.4 is 14.2 Å². The summed E-state index contributed by atoms with van der Waals surface area (Å²) in [6.45, 7) is 2.48. The molecule has 2 aromatic carbocycles. The molecule has 1 spiro atoms. The van der Waals surface area contributed by atoms with Gasteiger partial charge >= 0.3 is 23.9 Å². The molecule has 36 heavy (non-hydrogen) atoms. The van der Waals surface area contributed by atoms with Crippen LogP contribution in [-0.4, -0.2) is 39.2 Å². The summed E-state index contributed by atoms with van der Waals surface area (Å²) in [4.78, 5) is 46.0. The minimum atomic E-state index is -2.04. The van der Waals surface area contributed by atoms with Crippen molar-refractivity contribution in [2.75, 3.05) is 0 Å². The zero-order valence-electron chi connectivity index (χ0n) is 18.7. The quantitative estimate of drug-likeness (QED) is 0.356. The first kappa shape index (κ1) is 23.9. The number of carboxylic acid groups (broad SMARTS) is 1. The summed E-state index contributed by atoms with van der Waals surface area (Å²) in [7, 11) is 0. The number of esters is 3. The fourth-order valence-electron chi connectivity index (χ4n) is 4.64. The highest BCUT2D eigenvalue weighted by Gasteiger charge is 2.68. The molecule has 5 rings (SSSR count). The number of alkyl halides is 2. The smallest absolute Gasteiger partial charge is 0.335 e. The van der Waals surface area contributed by atoms with Gasteiger partial charge in [-0.1, -0.05) is 17.7 Å². The predicted octanol–water partition coefficient (Wildman–Crippen LogP) is 3.98. The van der Waals surface area contributed by atoms with Gasteiger partial charge in [-0.15, -0.1) is 11.6 Å². The van der Waals surface area contributed by atoms with E-state index < -0.39 is 39.7 Å². The molecule has 3 aliphatic rings. The van der Waals surface area contributed by atoms with E-state index >= 15 is 0 Å².